The van der Waals surface area contributed by atoms with Crippen LogP contribution in [0, 0.1) is 5.92 Å². The van der Waals surface area contributed by atoms with Crippen LogP contribution in [0.3, 0.4) is 0 Å². The Labute approximate surface area is 113 Å². The number of nitrogens with one attached hydrogen (secondary N) is 3. The Balaban J connectivity index is 3.82. The maximum absolute atomic E-state index is 11.4. The van der Waals surface area contributed by atoms with Crippen LogP contribution in [0.5, 0.6) is 0 Å². The molecule has 19 heavy (non-hydrogen) atoms. The number of carboxylic acids is 1. The normalized spacial score (nSPS) is 12.4. The third-order valence-electron chi connectivity index (χ3n) is 2.06. The molecule has 0 radical (unpaired) electrons. The molecule has 0 rings (SSSR count). The van der Waals surface area contributed by atoms with Crippen LogP contribution in [0.15, 0.2) is 0 Å². The molecule has 0 aliphatic rings. The van der Waals surface area contributed by atoms with E-state index in [4.69, 9.17) is 5.11 Å². The molecule has 0 saturated heterocycles. The topological polar surface area (TPSA) is 108 Å². The molecular weight excluding hydrogens is 250 g/mol. The highest BCUT2D eigenvalue weighted by molar-refractivity contribution is 5.84. The summed E-state index contributed by atoms with van der Waals surface area (Å²) in [6, 6.07) is -0.485. The van der Waals surface area contributed by atoms with Gasteiger partial charge in [0.25, 0.3) is 0 Å². The van der Waals surface area contributed by atoms with Gasteiger partial charge in [-0.05, 0) is 26.7 Å². The Morgan fingerprint density at radius 3 is 2.21 bits per heavy atom. The quantitative estimate of drug-likeness (QED) is 0.558. The van der Waals surface area contributed by atoms with Crippen molar-refractivity contribution in [2.75, 3.05) is 13.1 Å². The molecule has 0 aromatic carbocycles. The van der Waals surface area contributed by atoms with Crippen molar-refractivity contribution in [3.05, 3.63) is 0 Å². The highest BCUT2D eigenvalue weighted by Gasteiger charge is 2.14. The van der Waals surface area contributed by atoms with Gasteiger partial charge in [0.1, 0.15) is 0 Å². The first-order chi connectivity index (χ1) is 8.60. The summed E-state index contributed by atoms with van der Waals surface area (Å²) < 4.78 is 0. The van der Waals surface area contributed by atoms with E-state index in [9.17, 15) is 14.4 Å². The van der Waals surface area contributed by atoms with E-state index in [-0.39, 0.29) is 36.9 Å². The lowest BCUT2D eigenvalue weighted by Crippen LogP contribution is -2.48. The first-order valence-corrected chi connectivity index (χ1v) is 6.14. The molecule has 3 amide bonds. The van der Waals surface area contributed by atoms with E-state index in [1.54, 1.807) is 6.92 Å². The van der Waals surface area contributed by atoms with Gasteiger partial charge in [0.2, 0.25) is 5.91 Å². The molecule has 0 spiro atoms. The van der Waals surface area contributed by atoms with E-state index in [0.717, 1.165) is 0 Å². The lowest BCUT2D eigenvalue weighted by atomic mass is 10.1. The first kappa shape index (κ1) is 17.2. The van der Waals surface area contributed by atoms with E-state index in [1.807, 2.05) is 20.8 Å². The number of carboxylic acid groups (broad SMARTS) is 1. The van der Waals surface area contributed by atoms with Crippen molar-refractivity contribution in [1.82, 2.24) is 16.0 Å². The number of hydrogen-bond acceptors (Lipinski definition) is 3. The summed E-state index contributed by atoms with van der Waals surface area (Å²) in [6.45, 7) is 7.39. The molecule has 4 N–H and O–H groups in total. The van der Waals surface area contributed by atoms with Gasteiger partial charge in [-0.1, -0.05) is 6.92 Å². The van der Waals surface area contributed by atoms with Gasteiger partial charge in [0.15, 0.2) is 0 Å². The van der Waals surface area contributed by atoms with Gasteiger partial charge in [0.05, 0.1) is 6.54 Å². The van der Waals surface area contributed by atoms with Crippen molar-refractivity contribution in [3.63, 3.8) is 0 Å². The number of carbonyl (C=O) groups excluding carboxylic acids is 2. The fraction of sp³-hybridized carbons (Fsp3) is 0.750. The lowest BCUT2D eigenvalue weighted by Gasteiger charge is -2.20. The zero-order chi connectivity index (χ0) is 15.1. The van der Waals surface area contributed by atoms with Gasteiger partial charge in [-0.3, -0.25) is 9.59 Å². The summed E-state index contributed by atoms with van der Waals surface area (Å²) in [5.41, 5.74) is -0.342. The summed E-state index contributed by atoms with van der Waals surface area (Å²) in [4.78, 5) is 33.2. The molecule has 0 fully saturated rings. The largest absolute Gasteiger partial charge is 0.481 e. The molecule has 7 heteroatoms. The second kappa shape index (κ2) is 7.60. The summed E-state index contributed by atoms with van der Waals surface area (Å²) in [5, 5.41) is 16.2. The fourth-order valence-electron chi connectivity index (χ4n) is 1.32. The SMILES string of the molecule is CC(CNC(=O)NCC(=O)NC(C)(C)C)CC(=O)O. The van der Waals surface area contributed by atoms with Crippen molar-refractivity contribution < 1.29 is 19.5 Å². The summed E-state index contributed by atoms with van der Waals surface area (Å²) >= 11 is 0. The van der Waals surface area contributed by atoms with Crippen LogP contribution in [0.2, 0.25) is 0 Å². The van der Waals surface area contributed by atoms with Gasteiger partial charge in [0, 0.05) is 18.5 Å². The van der Waals surface area contributed by atoms with E-state index < -0.39 is 12.0 Å². The molecule has 0 heterocycles. The van der Waals surface area contributed by atoms with Crippen LogP contribution < -0.4 is 16.0 Å². The summed E-state index contributed by atoms with van der Waals surface area (Å²) in [7, 11) is 0. The van der Waals surface area contributed by atoms with Crippen LogP contribution in [-0.4, -0.2) is 41.6 Å². The van der Waals surface area contributed by atoms with Gasteiger partial charge in [-0.15, -0.1) is 0 Å². The molecule has 0 saturated carbocycles. The number of amides is 3. The molecule has 0 bridgehead atoms. The van der Waals surface area contributed by atoms with E-state index >= 15 is 0 Å². The maximum atomic E-state index is 11.4. The number of urea groups is 1. The second-order valence-electron chi connectivity index (χ2n) is 5.56. The number of rotatable bonds is 6. The minimum Gasteiger partial charge on any atom is -0.481 e. The van der Waals surface area contributed by atoms with E-state index in [1.165, 1.54) is 0 Å². The smallest absolute Gasteiger partial charge is 0.315 e. The zero-order valence-corrected chi connectivity index (χ0v) is 11.9. The molecule has 110 valence electrons. The maximum Gasteiger partial charge on any atom is 0.315 e. The van der Waals surface area contributed by atoms with E-state index in [2.05, 4.69) is 16.0 Å². The minimum absolute atomic E-state index is 0.00914. The lowest BCUT2D eigenvalue weighted by molar-refractivity contribution is -0.137. The minimum atomic E-state index is -0.903. The van der Waals surface area contributed by atoms with Crippen molar-refractivity contribution in [3.8, 4) is 0 Å². The van der Waals surface area contributed by atoms with Crippen LogP contribution in [0.1, 0.15) is 34.1 Å². The van der Waals surface area contributed by atoms with E-state index in [0.29, 0.717) is 0 Å². The number of carbonyl (C=O) groups is 3. The van der Waals surface area contributed by atoms with Crippen LogP contribution in [0.4, 0.5) is 4.79 Å². The molecule has 0 aromatic rings. The standard InChI is InChI=1S/C12H23N3O4/c1-8(5-10(17)18)6-13-11(19)14-7-9(16)15-12(2,3)4/h8H,5-7H2,1-4H3,(H,15,16)(H,17,18)(H2,13,14,19). The monoisotopic (exact) mass is 273 g/mol. The predicted molar refractivity (Wildman–Crippen MR) is 70.7 cm³/mol. The van der Waals surface area contributed by atoms with Gasteiger partial charge in [-0.2, -0.15) is 0 Å². The Kier molecular flexibility index (Phi) is 6.89. The van der Waals surface area contributed by atoms with Crippen LogP contribution >= 0.6 is 0 Å². The number of aliphatic carboxylic acids is 1. The molecule has 1 atom stereocenters. The number of hydrogen-bond donors (Lipinski definition) is 4. The molecule has 0 aliphatic carbocycles. The highest BCUT2D eigenvalue weighted by Crippen LogP contribution is 1.99. The van der Waals surface area contributed by atoms with Crippen molar-refractivity contribution >= 4 is 17.9 Å². The average Bonchev–Trinajstić information content (AvgIpc) is 2.20. The second-order valence-corrected chi connectivity index (χ2v) is 5.56. The zero-order valence-electron chi connectivity index (χ0n) is 11.9. The van der Waals surface area contributed by atoms with Gasteiger partial charge in [-0.25, -0.2) is 4.79 Å². The Morgan fingerprint density at radius 2 is 1.74 bits per heavy atom. The molecule has 0 aliphatic heterocycles. The van der Waals surface area contributed by atoms with Crippen LogP contribution in [-0.2, 0) is 9.59 Å². The first-order valence-electron chi connectivity index (χ1n) is 6.14. The van der Waals surface area contributed by atoms with Crippen molar-refractivity contribution in [2.24, 2.45) is 5.92 Å². The van der Waals surface area contributed by atoms with Gasteiger partial charge < -0.3 is 21.1 Å². The van der Waals surface area contributed by atoms with Crippen molar-refractivity contribution in [2.45, 2.75) is 39.7 Å². The summed E-state index contributed by atoms with van der Waals surface area (Å²) in [6.07, 6.45) is -0.00914. The fourth-order valence-corrected chi connectivity index (χ4v) is 1.32. The highest BCUT2D eigenvalue weighted by atomic mass is 16.4. The predicted octanol–water partition coefficient (Wildman–Crippen LogP) is 0.311. The average molecular weight is 273 g/mol. The Hall–Kier alpha value is -1.79. The van der Waals surface area contributed by atoms with Gasteiger partial charge >= 0.3 is 12.0 Å². The molecule has 1 unspecified atom stereocenters. The van der Waals surface area contributed by atoms with Crippen molar-refractivity contribution in [1.29, 1.82) is 0 Å². The third-order valence-corrected chi connectivity index (χ3v) is 2.06. The van der Waals surface area contributed by atoms with Crippen LogP contribution in [0.25, 0.3) is 0 Å². The molecular formula is C12H23N3O4. The molecule has 7 nitrogen and oxygen atoms in total. The summed E-state index contributed by atoms with van der Waals surface area (Å²) in [5.74, 6) is -1.34. The Bertz CT molecular complexity index is 336. The molecule has 0 aromatic heterocycles. The Morgan fingerprint density at radius 1 is 1.16 bits per heavy atom. The third kappa shape index (κ3) is 11.1.